The van der Waals surface area contributed by atoms with Crippen LogP contribution in [0.25, 0.3) is 0 Å². The number of rotatable bonds is 5. The Labute approximate surface area is 119 Å². The molecular weight excluding hydrogens is 256 g/mol. The van der Waals surface area contributed by atoms with E-state index in [1.165, 1.54) is 7.11 Å². The molecule has 1 aromatic rings. The second kappa shape index (κ2) is 5.94. The van der Waals surface area contributed by atoms with E-state index in [9.17, 15) is 9.59 Å². The van der Waals surface area contributed by atoms with Crippen molar-refractivity contribution < 1.29 is 14.3 Å². The van der Waals surface area contributed by atoms with Crippen molar-refractivity contribution in [1.29, 1.82) is 0 Å². The third-order valence-corrected chi connectivity index (χ3v) is 3.58. The van der Waals surface area contributed by atoms with Gasteiger partial charge in [0.05, 0.1) is 24.9 Å². The number of nitrogens with zero attached hydrogens (tertiary/aromatic N) is 2. The van der Waals surface area contributed by atoms with Crippen molar-refractivity contribution in [2.75, 3.05) is 32.6 Å². The number of benzene rings is 1. The summed E-state index contributed by atoms with van der Waals surface area (Å²) in [6, 6.07) is 7.53. The van der Waals surface area contributed by atoms with E-state index < -0.39 is 5.97 Å². The number of methoxy groups -OCH3 is 1. The molecule has 0 unspecified atom stereocenters. The van der Waals surface area contributed by atoms with E-state index in [2.05, 4.69) is 0 Å². The lowest BCUT2D eigenvalue weighted by Gasteiger charge is -2.24. The van der Waals surface area contributed by atoms with Crippen LogP contribution in [0.5, 0.6) is 0 Å². The SMILES string of the molecule is COC(=O)c1ccccc1N(C)CC(=O)N(C)C1CC1. The molecule has 1 saturated carbocycles. The summed E-state index contributed by atoms with van der Waals surface area (Å²) in [5.74, 6) is -0.329. The van der Waals surface area contributed by atoms with Gasteiger partial charge in [0, 0.05) is 20.1 Å². The molecule has 20 heavy (non-hydrogen) atoms. The Hall–Kier alpha value is -2.04. The Morgan fingerprint density at radius 1 is 1.25 bits per heavy atom. The largest absolute Gasteiger partial charge is 0.465 e. The highest BCUT2D eigenvalue weighted by molar-refractivity contribution is 5.96. The maximum absolute atomic E-state index is 12.1. The van der Waals surface area contributed by atoms with Crippen LogP contribution in [0, 0.1) is 0 Å². The number of likely N-dealkylation sites (N-methyl/N-ethyl adjacent to an activating group) is 2. The van der Waals surface area contributed by atoms with Gasteiger partial charge in [0.15, 0.2) is 0 Å². The number of hydrogen-bond donors (Lipinski definition) is 0. The fourth-order valence-electron chi connectivity index (χ4n) is 2.15. The molecule has 108 valence electrons. The summed E-state index contributed by atoms with van der Waals surface area (Å²) in [6.45, 7) is 0.251. The molecule has 0 radical (unpaired) electrons. The number of ether oxygens (including phenoxy) is 1. The van der Waals surface area contributed by atoms with Crippen molar-refractivity contribution in [1.82, 2.24) is 4.90 Å². The zero-order valence-corrected chi connectivity index (χ0v) is 12.1. The van der Waals surface area contributed by atoms with Crippen molar-refractivity contribution in [2.45, 2.75) is 18.9 Å². The van der Waals surface area contributed by atoms with Gasteiger partial charge in [0.1, 0.15) is 0 Å². The van der Waals surface area contributed by atoms with Gasteiger partial charge in [0.25, 0.3) is 0 Å². The van der Waals surface area contributed by atoms with E-state index in [0.29, 0.717) is 17.3 Å². The smallest absolute Gasteiger partial charge is 0.339 e. The van der Waals surface area contributed by atoms with Crippen LogP contribution in [0.4, 0.5) is 5.69 Å². The van der Waals surface area contributed by atoms with E-state index >= 15 is 0 Å². The zero-order valence-electron chi connectivity index (χ0n) is 12.1. The predicted molar refractivity (Wildman–Crippen MR) is 76.8 cm³/mol. The fourth-order valence-corrected chi connectivity index (χ4v) is 2.15. The quantitative estimate of drug-likeness (QED) is 0.765. The molecule has 0 heterocycles. The Morgan fingerprint density at radius 2 is 1.90 bits per heavy atom. The summed E-state index contributed by atoms with van der Waals surface area (Å²) in [5, 5.41) is 0. The summed E-state index contributed by atoms with van der Waals surface area (Å²) < 4.78 is 4.77. The lowest BCUT2D eigenvalue weighted by atomic mass is 10.1. The minimum absolute atomic E-state index is 0.0645. The second-order valence-electron chi connectivity index (χ2n) is 5.10. The summed E-state index contributed by atoms with van der Waals surface area (Å²) in [7, 11) is 4.99. The van der Waals surface area contributed by atoms with Crippen LogP contribution in [-0.2, 0) is 9.53 Å². The summed E-state index contributed by atoms with van der Waals surface area (Å²) in [6.07, 6.45) is 2.18. The number of hydrogen-bond acceptors (Lipinski definition) is 4. The first-order chi connectivity index (χ1) is 9.54. The zero-order chi connectivity index (χ0) is 14.7. The molecule has 0 bridgehead atoms. The Balaban J connectivity index is 2.10. The minimum atomic E-state index is -0.393. The third kappa shape index (κ3) is 3.10. The topological polar surface area (TPSA) is 49.9 Å². The van der Waals surface area contributed by atoms with Crippen LogP contribution >= 0.6 is 0 Å². The summed E-state index contributed by atoms with van der Waals surface area (Å²) in [4.78, 5) is 27.4. The third-order valence-electron chi connectivity index (χ3n) is 3.58. The molecule has 1 amide bonds. The summed E-state index contributed by atoms with van der Waals surface area (Å²) >= 11 is 0. The molecule has 0 spiro atoms. The first kappa shape index (κ1) is 14.4. The molecule has 2 rings (SSSR count). The fraction of sp³-hybridized carbons (Fsp3) is 0.467. The van der Waals surface area contributed by atoms with Crippen LogP contribution < -0.4 is 4.90 Å². The molecule has 0 saturated heterocycles. The van der Waals surface area contributed by atoms with Gasteiger partial charge in [-0.3, -0.25) is 4.79 Å². The van der Waals surface area contributed by atoms with Crippen molar-refractivity contribution in [3.8, 4) is 0 Å². The molecule has 1 aliphatic carbocycles. The first-order valence-corrected chi connectivity index (χ1v) is 6.68. The van der Waals surface area contributed by atoms with Crippen LogP contribution in [-0.4, -0.2) is 50.6 Å². The number of carbonyl (C=O) groups excluding carboxylic acids is 2. The Bertz CT molecular complexity index is 512. The molecule has 1 aromatic carbocycles. The number of anilines is 1. The highest BCUT2D eigenvalue weighted by Gasteiger charge is 2.30. The second-order valence-corrected chi connectivity index (χ2v) is 5.10. The lowest BCUT2D eigenvalue weighted by Crippen LogP contribution is -2.38. The molecule has 0 aliphatic heterocycles. The van der Waals surface area contributed by atoms with Gasteiger partial charge >= 0.3 is 5.97 Å². The van der Waals surface area contributed by atoms with Gasteiger partial charge in [0.2, 0.25) is 5.91 Å². The molecule has 5 nitrogen and oxygen atoms in total. The molecule has 1 fully saturated rings. The molecular formula is C15H20N2O3. The maximum Gasteiger partial charge on any atom is 0.339 e. The van der Waals surface area contributed by atoms with Crippen molar-refractivity contribution in [3.05, 3.63) is 29.8 Å². The van der Waals surface area contributed by atoms with Gasteiger partial charge in [-0.15, -0.1) is 0 Å². The molecule has 0 N–H and O–H groups in total. The van der Waals surface area contributed by atoms with Crippen LogP contribution in [0.3, 0.4) is 0 Å². The number of amides is 1. The van der Waals surface area contributed by atoms with E-state index in [-0.39, 0.29) is 12.5 Å². The van der Waals surface area contributed by atoms with Crippen LogP contribution in [0.2, 0.25) is 0 Å². The predicted octanol–water partition coefficient (Wildman–Crippen LogP) is 1.53. The number of esters is 1. The molecule has 0 atom stereocenters. The van der Waals surface area contributed by atoms with Gasteiger partial charge in [-0.25, -0.2) is 4.79 Å². The minimum Gasteiger partial charge on any atom is -0.465 e. The van der Waals surface area contributed by atoms with E-state index in [0.717, 1.165) is 12.8 Å². The highest BCUT2D eigenvalue weighted by Crippen LogP contribution is 2.26. The maximum atomic E-state index is 12.1. The van der Waals surface area contributed by atoms with Crippen molar-refractivity contribution >= 4 is 17.6 Å². The van der Waals surface area contributed by atoms with Crippen molar-refractivity contribution in [3.63, 3.8) is 0 Å². The number of para-hydroxylation sites is 1. The van der Waals surface area contributed by atoms with Crippen LogP contribution in [0.15, 0.2) is 24.3 Å². The Morgan fingerprint density at radius 3 is 2.50 bits per heavy atom. The molecule has 1 aliphatic rings. The standard InChI is InChI=1S/C15H20N2O3/c1-16(10-14(18)17(2)11-8-9-11)13-7-5-4-6-12(13)15(19)20-3/h4-7,11H,8-10H2,1-3H3. The monoisotopic (exact) mass is 276 g/mol. The van der Waals surface area contributed by atoms with Gasteiger partial charge < -0.3 is 14.5 Å². The highest BCUT2D eigenvalue weighted by atomic mass is 16.5. The van der Waals surface area contributed by atoms with E-state index in [1.54, 1.807) is 29.0 Å². The number of carbonyl (C=O) groups is 2. The average molecular weight is 276 g/mol. The lowest BCUT2D eigenvalue weighted by molar-refractivity contribution is -0.128. The van der Waals surface area contributed by atoms with Crippen LogP contribution in [0.1, 0.15) is 23.2 Å². The summed E-state index contributed by atoms with van der Waals surface area (Å²) in [5.41, 5.74) is 1.18. The van der Waals surface area contributed by atoms with E-state index in [1.807, 2.05) is 19.2 Å². The normalized spacial score (nSPS) is 13.8. The molecule has 0 aromatic heterocycles. The van der Waals surface area contributed by atoms with Gasteiger partial charge in [-0.2, -0.15) is 0 Å². The van der Waals surface area contributed by atoms with Gasteiger partial charge in [-0.1, -0.05) is 12.1 Å². The van der Waals surface area contributed by atoms with E-state index in [4.69, 9.17) is 4.74 Å². The Kier molecular flexibility index (Phi) is 4.27. The van der Waals surface area contributed by atoms with Crippen molar-refractivity contribution in [2.24, 2.45) is 0 Å². The average Bonchev–Trinajstić information content (AvgIpc) is 3.30. The molecule has 5 heteroatoms. The van der Waals surface area contributed by atoms with Gasteiger partial charge in [-0.05, 0) is 25.0 Å². The first-order valence-electron chi connectivity index (χ1n) is 6.68.